The van der Waals surface area contributed by atoms with E-state index in [1.54, 1.807) is 30.3 Å². The molecule has 106 valence electrons. The number of hydrogen-bond acceptors (Lipinski definition) is 3. The van der Waals surface area contributed by atoms with Crippen LogP contribution in [0.15, 0.2) is 42.5 Å². The van der Waals surface area contributed by atoms with Crippen LogP contribution < -0.4 is 10.1 Å². The highest BCUT2D eigenvalue weighted by molar-refractivity contribution is 6.07. The lowest BCUT2D eigenvalue weighted by Crippen LogP contribution is -2.19. The fourth-order valence-electron chi connectivity index (χ4n) is 2.29. The SMILES string of the molecule is Cc1ccc(C(=O)Nc2cccc3c2OCCC3=O)cc1. The van der Waals surface area contributed by atoms with Crippen LogP contribution in [0.2, 0.25) is 0 Å². The molecule has 1 amide bonds. The van der Waals surface area contributed by atoms with Crippen molar-refractivity contribution in [2.24, 2.45) is 0 Å². The lowest BCUT2D eigenvalue weighted by atomic mass is 10.0. The Hall–Kier alpha value is -2.62. The first-order valence-corrected chi connectivity index (χ1v) is 6.82. The molecule has 0 saturated carbocycles. The number of para-hydroxylation sites is 1. The second-order valence-electron chi connectivity index (χ2n) is 5.02. The molecule has 21 heavy (non-hydrogen) atoms. The molecule has 4 heteroatoms. The molecule has 2 aromatic rings. The van der Waals surface area contributed by atoms with Crippen molar-refractivity contribution in [3.8, 4) is 5.75 Å². The van der Waals surface area contributed by atoms with Crippen molar-refractivity contribution >= 4 is 17.4 Å². The van der Waals surface area contributed by atoms with Gasteiger partial charge in [-0.15, -0.1) is 0 Å². The van der Waals surface area contributed by atoms with Crippen molar-refractivity contribution in [1.82, 2.24) is 0 Å². The standard InChI is InChI=1S/C17H15NO3/c1-11-5-7-12(8-6-11)17(20)18-14-4-2-3-13-15(19)9-10-21-16(13)14/h2-8H,9-10H2,1H3,(H,18,20). The smallest absolute Gasteiger partial charge is 0.255 e. The van der Waals surface area contributed by atoms with Gasteiger partial charge in [0.15, 0.2) is 11.5 Å². The molecule has 3 rings (SSSR count). The summed E-state index contributed by atoms with van der Waals surface area (Å²) in [7, 11) is 0. The van der Waals surface area contributed by atoms with Crippen molar-refractivity contribution in [1.29, 1.82) is 0 Å². The zero-order chi connectivity index (χ0) is 14.8. The molecule has 0 unspecified atom stereocenters. The molecular weight excluding hydrogens is 266 g/mol. The van der Waals surface area contributed by atoms with E-state index in [1.165, 1.54) is 0 Å². The predicted molar refractivity (Wildman–Crippen MR) is 80.0 cm³/mol. The largest absolute Gasteiger partial charge is 0.490 e. The molecule has 0 fully saturated rings. The minimum absolute atomic E-state index is 0.0442. The van der Waals surface area contributed by atoms with Gasteiger partial charge >= 0.3 is 0 Å². The third-order valence-corrected chi connectivity index (χ3v) is 3.45. The molecule has 2 aromatic carbocycles. The molecule has 0 aromatic heterocycles. The van der Waals surface area contributed by atoms with E-state index in [1.807, 2.05) is 19.1 Å². The lowest BCUT2D eigenvalue weighted by molar-refractivity contribution is 0.0931. The van der Waals surface area contributed by atoms with Gasteiger partial charge in [0.2, 0.25) is 0 Å². The van der Waals surface area contributed by atoms with Crippen LogP contribution >= 0.6 is 0 Å². The molecule has 0 aliphatic carbocycles. The molecular formula is C17H15NO3. The number of nitrogens with one attached hydrogen (secondary N) is 1. The van der Waals surface area contributed by atoms with E-state index >= 15 is 0 Å². The zero-order valence-corrected chi connectivity index (χ0v) is 11.7. The van der Waals surface area contributed by atoms with Gasteiger partial charge in [-0.1, -0.05) is 23.8 Å². The summed E-state index contributed by atoms with van der Waals surface area (Å²) in [4.78, 5) is 24.1. The molecule has 1 aliphatic heterocycles. The summed E-state index contributed by atoms with van der Waals surface area (Å²) < 4.78 is 5.55. The quantitative estimate of drug-likeness (QED) is 0.919. The van der Waals surface area contributed by atoms with Gasteiger partial charge in [-0.2, -0.15) is 0 Å². The van der Waals surface area contributed by atoms with Gasteiger partial charge in [-0.05, 0) is 31.2 Å². The van der Waals surface area contributed by atoms with Gasteiger partial charge in [-0.25, -0.2) is 0 Å². The minimum Gasteiger partial charge on any atom is -0.490 e. The van der Waals surface area contributed by atoms with E-state index in [-0.39, 0.29) is 11.7 Å². The number of rotatable bonds is 2. The summed E-state index contributed by atoms with van der Waals surface area (Å²) in [5.74, 6) is 0.293. The third-order valence-electron chi connectivity index (χ3n) is 3.45. The van der Waals surface area contributed by atoms with E-state index in [0.29, 0.717) is 35.6 Å². The Morgan fingerprint density at radius 3 is 2.67 bits per heavy atom. The summed E-state index contributed by atoms with van der Waals surface area (Å²) >= 11 is 0. The van der Waals surface area contributed by atoms with Crippen LogP contribution in [-0.2, 0) is 0 Å². The molecule has 0 spiro atoms. The Morgan fingerprint density at radius 1 is 1.14 bits per heavy atom. The van der Waals surface area contributed by atoms with Crippen LogP contribution in [0.4, 0.5) is 5.69 Å². The van der Waals surface area contributed by atoms with Crippen LogP contribution in [0.1, 0.15) is 32.7 Å². The number of benzene rings is 2. The van der Waals surface area contributed by atoms with Crippen molar-refractivity contribution in [2.45, 2.75) is 13.3 Å². The number of anilines is 1. The molecule has 0 saturated heterocycles. The average Bonchev–Trinajstić information content (AvgIpc) is 2.49. The number of hydrogen-bond donors (Lipinski definition) is 1. The molecule has 0 atom stereocenters. The Kier molecular flexibility index (Phi) is 3.44. The maximum absolute atomic E-state index is 12.2. The van der Waals surface area contributed by atoms with Crippen LogP contribution in [0.25, 0.3) is 0 Å². The van der Waals surface area contributed by atoms with Gasteiger partial charge in [-0.3, -0.25) is 9.59 Å². The topological polar surface area (TPSA) is 55.4 Å². The fraction of sp³-hybridized carbons (Fsp3) is 0.176. The van der Waals surface area contributed by atoms with Crippen LogP contribution in [0.3, 0.4) is 0 Å². The van der Waals surface area contributed by atoms with Gasteiger partial charge in [0.05, 0.1) is 17.9 Å². The Labute approximate surface area is 122 Å². The molecule has 1 heterocycles. The van der Waals surface area contributed by atoms with Crippen LogP contribution in [-0.4, -0.2) is 18.3 Å². The number of fused-ring (bicyclic) bond motifs is 1. The van der Waals surface area contributed by atoms with E-state index in [0.717, 1.165) is 5.56 Å². The summed E-state index contributed by atoms with van der Waals surface area (Å²) in [6, 6.07) is 12.5. The van der Waals surface area contributed by atoms with Crippen molar-refractivity contribution in [3.05, 3.63) is 59.2 Å². The van der Waals surface area contributed by atoms with Gasteiger partial charge in [0, 0.05) is 12.0 Å². The molecule has 0 bridgehead atoms. The first-order chi connectivity index (χ1) is 10.1. The number of Topliss-reactive ketones (excluding diaryl/α,β-unsaturated/α-hetero) is 1. The predicted octanol–water partition coefficient (Wildman–Crippen LogP) is 3.21. The van der Waals surface area contributed by atoms with Gasteiger partial charge in [0.25, 0.3) is 5.91 Å². The van der Waals surface area contributed by atoms with Gasteiger partial charge < -0.3 is 10.1 Å². The third kappa shape index (κ3) is 2.65. The number of ether oxygens (including phenoxy) is 1. The molecule has 1 aliphatic rings. The maximum atomic E-state index is 12.2. The number of aryl methyl sites for hydroxylation is 1. The fourth-order valence-corrected chi connectivity index (χ4v) is 2.29. The minimum atomic E-state index is -0.218. The van der Waals surface area contributed by atoms with E-state index < -0.39 is 0 Å². The van der Waals surface area contributed by atoms with E-state index in [2.05, 4.69) is 5.32 Å². The highest BCUT2D eigenvalue weighted by Crippen LogP contribution is 2.33. The molecule has 0 radical (unpaired) electrons. The Balaban J connectivity index is 1.88. The Bertz CT molecular complexity index is 704. The van der Waals surface area contributed by atoms with E-state index in [4.69, 9.17) is 4.74 Å². The van der Waals surface area contributed by atoms with Crippen molar-refractivity contribution < 1.29 is 14.3 Å². The Morgan fingerprint density at radius 2 is 1.90 bits per heavy atom. The first-order valence-electron chi connectivity index (χ1n) is 6.82. The van der Waals surface area contributed by atoms with E-state index in [9.17, 15) is 9.59 Å². The second kappa shape index (κ2) is 5.40. The number of carbonyl (C=O) groups is 2. The zero-order valence-electron chi connectivity index (χ0n) is 11.7. The maximum Gasteiger partial charge on any atom is 0.255 e. The molecule has 4 nitrogen and oxygen atoms in total. The summed E-state index contributed by atoms with van der Waals surface area (Å²) in [6.45, 7) is 2.32. The summed E-state index contributed by atoms with van der Waals surface area (Å²) in [5.41, 5.74) is 2.73. The average molecular weight is 281 g/mol. The second-order valence-corrected chi connectivity index (χ2v) is 5.02. The summed E-state index contributed by atoms with van der Waals surface area (Å²) in [6.07, 6.45) is 0.377. The highest BCUT2D eigenvalue weighted by Gasteiger charge is 2.22. The number of amides is 1. The van der Waals surface area contributed by atoms with Crippen LogP contribution in [0, 0.1) is 6.92 Å². The summed E-state index contributed by atoms with van der Waals surface area (Å²) in [5, 5.41) is 2.81. The first kappa shape index (κ1) is 13.4. The highest BCUT2D eigenvalue weighted by atomic mass is 16.5. The van der Waals surface area contributed by atoms with Crippen molar-refractivity contribution in [2.75, 3.05) is 11.9 Å². The van der Waals surface area contributed by atoms with Gasteiger partial charge in [0.1, 0.15) is 0 Å². The number of ketones is 1. The monoisotopic (exact) mass is 281 g/mol. The van der Waals surface area contributed by atoms with Crippen molar-refractivity contribution in [3.63, 3.8) is 0 Å². The van der Waals surface area contributed by atoms with Crippen LogP contribution in [0.5, 0.6) is 5.75 Å². The lowest BCUT2D eigenvalue weighted by Gasteiger charge is -2.19. The number of carbonyl (C=O) groups excluding carboxylic acids is 2. The normalized spacial score (nSPS) is 13.3. The molecule has 1 N–H and O–H groups in total.